The Kier molecular flexibility index (Phi) is 4.90. The average molecular weight is 237 g/mol. The van der Waals surface area contributed by atoms with Crippen LogP contribution in [0.5, 0.6) is 0 Å². The molecule has 1 heteroatoms. The normalized spacial score (nSPS) is 31.8. The van der Waals surface area contributed by atoms with Crippen LogP contribution in [0, 0.1) is 23.7 Å². The standard InChI is InChI=1S/C16H31N/c1-12(2)9-14-5-4-6-16(10-14)17-11-13(3)15-7-8-15/h12-17H,4-11H2,1-3H3. The van der Waals surface area contributed by atoms with Gasteiger partial charge in [-0.1, -0.05) is 33.6 Å². The summed E-state index contributed by atoms with van der Waals surface area (Å²) in [5.41, 5.74) is 0. The first-order valence-electron chi connectivity index (χ1n) is 7.88. The van der Waals surface area contributed by atoms with Crippen LogP contribution in [0.3, 0.4) is 0 Å². The lowest BCUT2D eigenvalue weighted by atomic mass is 9.81. The van der Waals surface area contributed by atoms with E-state index in [1.54, 1.807) is 0 Å². The Hall–Kier alpha value is -0.0400. The van der Waals surface area contributed by atoms with Crippen LogP contribution in [-0.2, 0) is 0 Å². The molecule has 17 heavy (non-hydrogen) atoms. The third kappa shape index (κ3) is 4.62. The topological polar surface area (TPSA) is 12.0 Å². The Bertz CT molecular complexity index is 220. The van der Waals surface area contributed by atoms with Gasteiger partial charge in [-0.15, -0.1) is 0 Å². The summed E-state index contributed by atoms with van der Waals surface area (Å²) in [5, 5.41) is 3.85. The van der Waals surface area contributed by atoms with Crippen LogP contribution < -0.4 is 5.32 Å². The second-order valence-electron chi connectivity index (χ2n) is 7.08. The molecule has 2 saturated carbocycles. The van der Waals surface area contributed by atoms with Gasteiger partial charge in [0.05, 0.1) is 0 Å². The zero-order valence-electron chi connectivity index (χ0n) is 12.0. The van der Waals surface area contributed by atoms with Crippen molar-refractivity contribution in [3.05, 3.63) is 0 Å². The maximum absolute atomic E-state index is 3.85. The van der Waals surface area contributed by atoms with Crippen molar-refractivity contribution in [3.8, 4) is 0 Å². The number of hydrogen-bond donors (Lipinski definition) is 1. The van der Waals surface area contributed by atoms with Crippen LogP contribution >= 0.6 is 0 Å². The van der Waals surface area contributed by atoms with Crippen LogP contribution in [-0.4, -0.2) is 12.6 Å². The fourth-order valence-corrected chi connectivity index (χ4v) is 3.54. The zero-order chi connectivity index (χ0) is 12.3. The van der Waals surface area contributed by atoms with Crippen LogP contribution in [0.2, 0.25) is 0 Å². The second-order valence-corrected chi connectivity index (χ2v) is 7.08. The highest BCUT2D eigenvalue weighted by molar-refractivity contribution is 4.83. The highest BCUT2D eigenvalue weighted by Gasteiger charge is 2.29. The lowest BCUT2D eigenvalue weighted by Gasteiger charge is -2.31. The van der Waals surface area contributed by atoms with Gasteiger partial charge in [0.25, 0.3) is 0 Å². The van der Waals surface area contributed by atoms with E-state index in [2.05, 4.69) is 26.1 Å². The first-order chi connectivity index (χ1) is 8.15. The van der Waals surface area contributed by atoms with E-state index in [0.717, 1.165) is 29.7 Å². The van der Waals surface area contributed by atoms with Crippen molar-refractivity contribution in [2.24, 2.45) is 23.7 Å². The number of nitrogens with one attached hydrogen (secondary N) is 1. The van der Waals surface area contributed by atoms with Gasteiger partial charge in [0.15, 0.2) is 0 Å². The molecule has 3 atom stereocenters. The SMILES string of the molecule is CC(C)CC1CCCC(NCC(C)C2CC2)C1. The van der Waals surface area contributed by atoms with E-state index in [0.29, 0.717) is 0 Å². The number of rotatable bonds is 6. The van der Waals surface area contributed by atoms with E-state index in [4.69, 9.17) is 0 Å². The minimum atomic E-state index is 0.827. The smallest absolute Gasteiger partial charge is 0.00698 e. The van der Waals surface area contributed by atoms with E-state index >= 15 is 0 Å². The van der Waals surface area contributed by atoms with Gasteiger partial charge in [-0.3, -0.25) is 0 Å². The van der Waals surface area contributed by atoms with Crippen molar-refractivity contribution in [1.29, 1.82) is 0 Å². The Morgan fingerprint density at radius 1 is 1.06 bits per heavy atom. The summed E-state index contributed by atoms with van der Waals surface area (Å²) in [7, 11) is 0. The van der Waals surface area contributed by atoms with Crippen molar-refractivity contribution in [2.45, 2.75) is 71.8 Å². The van der Waals surface area contributed by atoms with E-state index in [9.17, 15) is 0 Å². The summed E-state index contributed by atoms with van der Waals surface area (Å²) in [6.07, 6.45) is 10.2. The monoisotopic (exact) mass is 237 g/mol. The van der Waals surface area contributed by atoms with Gasteiger partial charge in [-0.25, -0.2) is 0 Å². The molecule has 0 aromatic rings. The molecule has 1 nitrogen and oxygen atoms in total. The minimum Gasteiger partial charge on any atom is -0.314 e. The number of hydrogen-bond acceptors (Lipinski definition) is 1. The van der Waals surface area contributed by atoms with Crippen LogP contribution in [0.1, 0.15) is 65.7 Å². The van der Waals surface area contributed by atoms with Crippen LogP contribution in [0.25, 0.3) is 0 Å². The largest absolute Gasteiger partial charge is 0.314 e. The van der Waals surface area contributed by atoms with Gasteiger partial charge in [0.1, 0.15) is 0 Å². The third-order valence-electron chi connectivity index (χ3n) is 4.74. The van der Waals surface area contributed by atoms with Gasteiger partial charge >= 0.3 is 0 Å². The van der Waals surface area contributed by atoms with Gasteiger partial charge in [0.2, 0.25) is 0 Å². The summed E-state index contributed by atoms with van der Waals surface area (Å²) < 4.78 is 0. The molecule has 0 aromatic carbocycles. The maximum atomic E-state index is 3.85. The van der Waals surface area contributed by atoms with E-state index in [-0.39, 0.29) is 0 Å². The molecule has 2 fully saturated rings. The molecule has 0 radical (unpaired) electrons. The van der Waals surface area contributed by atoms with Crippen molar-refractivity contribution in [3.63, 3.8) is 0 Å². The summed E-state index contributed by atoms with van der Waals surface area (Å²) >= 11 is 0. The van der Waals surface area contributed by atoms with Gasteiger partial charge in [0, 0.05) is 6.04 Å². The summed E-state index contributed by atoms with van der Waals surface area (Å²) in [4.78, 5) is 0. The minimum absolute atomic E-state index is 0.827. The molecule has 0 amide bonds. The molecule has 2 rings (SSSR count). The highest BCUT2D eigenvalue weighted by atomic mass is 14.9. The summed E-state index contributed by atoms with van der Waals surface area (Å²) in [5.74, 6) is 3.85. The quantitative estimate of drug-likeness (QED) is 0.729. The molecule has 0 spiro atoms. The van der Waals surface area contributed by atoms with Crippen molar-refractivity contribution in [2.75, 3.05) is 6.54 Å². The van der Waals surface area contributed by atoms with Gasteiger partial charge in [-0.05, 0) is 62.3 Å². The van der Waals surface area contributed by atoms with Crippen molar-refractivity contribution >= 4 is 0 Å². The van der Waals surface area contributed by atoms with Crippen LogP contribution in [0.4, 0.5) is 0 Å². The van der Waals surface area contributed by atoms with Gasteiger partial charge in [-0.2, -0.15) is 0 Å². The molecule has 3 unspecified atom stereocenters. The molecule has 0 saturated heterocycles. The van der Waals surface area contributed by atoms with E-state index in [1.807, 2.05) is 0 Å². The molecule has 2 aliphatic carbocycles. The molecular weight excluding hydrogens is 206 g/mol. The molecule has 2 aliphatic rings. The molecule has 0 heterocycles. The fourth-order valence-electron chi connectivity index (χ4n) is 3.54. The Labute approximate surface area is 108 Å². The zero-order valence-corrected chi connectivity index (χ0v) is 12.0. The second kappa shape index (κ2) is 6.22. The van der Waals surface area contributed by atoms with Crippen LogP contribution in [0.15, 0.2) is 0 Å². The van der Waals surface area contributed by atoms with Crippen molar-refractivity contribution < 1.29 is 0 Å². The van der Waals surface area contributed by atoms with E-state index < -0.39 is 0 Å². The van der Waals surface area contributed by atoms with Gasteiger partial charge < -0.3 is 5.32 Å². The Morgan fingerprint density at radius 2 is 1.82 bits per heavy atom. The van der Waals surface area contributed by atoms with E-state index in [1.165, 1.54) is 51.5 Å². The lowest BCUT2D eigenvalue weighted by molar-refractivity contribution is 0.245. The first kappa shape index (κ1) is 13.4. The highest BCUT2D eigenvalue weighted by Crippen LogP contribution is 2.36. The molecular formula is C16H31N. The van der Waals surface area contributed by atoms with Crippen molar-refractivity contribution in [1.82, 2.24) is 5.32 Å². The predicted molar refractivity (Wildman–Crippen MR) is 75.1 cm³/mol. The summed E-state index contributed by atoms with van der Waals surface area (Å²) in [6, 6.07) is 0.827. The fraction of sp³-hybridized carbons (Fsp3) is 1.00. The molecule has 0 bridgehead atoms. The summed E-state index contributed by atoms with van der Waals surface area (Å²) in [6.45, 7) is 8.43. The first-order valence-corrected chi connectivity index (χ1v) is 7.88. The lowest BCUT2D eigenvalue weighted by Crippen LogP contribution is -2.37. The molecule has 1 N–H and O–H groups in total. The predicted octanol–water partition coefficient (Wildman–Crippen LogP) is 4.23. The maximum Gasteiger partial charge on any atom is 0.00698 e. The Balaban J connectivity index is 1.65. The molecule has 0 aliphatic heterocycles. The molecule has 100 valence electrons. The third-order valence-corrected chi connectivity index (χ3v) is 4.74. The Morgan fingerprint density at radius 3 is 2.47 bits per heavy atom. The molecule has 0 aromatic heterocycles. The average Bonchev–Trinajstić information content (AvgIpc) is 3.09.